The minimum absolute atomic E-state index is 0.0399. The van der Waals surface area contributed by atoms with Crippen molar-refractivity contribution in [1.82, 2.24) is 29.5 Å². The van der Waals surface area contributed by atoms with Gasteiger partial charge in [-0.3, -0.25) is 14.4 Å². The number of halogens is 3. The van der Waals surface area contributed by atoms with Gasteiger partial charge in [0.1, 0.15) is 22.7 Å². The molecule has 5 heterocycles. The number of carbonyl (C=O) groups is 1. The number of piperidine rings is 1. The van der Waals surface area contributed by atoms with Crippen LogP contribution in [-0.2, 0) is 22.6 Å². The zero-order chi connectivity index (χ0) is 38.2. The molecule has 0 bridgehead atoms. The predicted molar refractivity (Wildman–Crippen MR) is 218 cm³/mol. The first-order valence-electron chi connectivity index (χ1n) is 18.6. The Morgan fingerprint density at radius 2 is 1.71 bits per heavy atom. The van der Waals surface area contributed by atoms with Crippen LogP contribution in [-0.4, -0.2) is 68.2 Å². The Bertz CT molecular complexity index is 2380. The van der Waals surface area contributed by atoms with Crippen molar-refractivity contribution in [3.8, 4) is 5.00 Å². The van der Waals surface area contributed by atoms with Gasteiger partial charge in [-0.05, 0) is 92.8 Å². The highest BCUT2D eigenvalue weighted by Gasteiger charge is 2.34. The van der Waals surface area contributed by atoms with E-state index in [0.717, 1.165) is 68.1 Å². The Morgan fingerprint density at radius 3 is 2.45 bits per heavy atom. The average Bonchev–Trinajstić information content (AvgIpc) is 3.82. The predicted octanol–water partition coefficient (Wildman–Crippen LogP) is 8.78. The maximum atomic E-state index is 14.7. The van der Waals surface area contributed by atoms with Crippen molar-refractivity contribution in [3.63, 3.8) is 0 Å². The molecule has 1 atom stereocenters. The lowest BCUT2D eigenvalue weighted by atomic mass is 9.99. The van der Waals surface area contributed by atoms with Gasteiger partial charge in [0.2, 0.25) is 5.91 Å². The van der Waals surface area contributed by atoms with Crippen LogP contribution in [0, 0.1) is 26.6 Å². The van der Waals surface area contributed by atoms with Crippen LogP contribution in [0.25, 0.3) is 15.9 Å². The SMILES string of the molecule is Cc1sc2c(c1C)C(c1ccc(Cl)cc1)=N[C@@H](CC(=O)N1CCC(OCCNCc3cc(F)cc4c3ccn4Cc3ccc(Cl)cc3)CC1)c1nnc(C)n1-2. The van der Waals surface area contributed by atoms with Crippen LogP contribution in [0.4, 0.5) is 4.39 Å². The topological polar surface area (TPSA) is 89.6 Å². The normalized spacial score (nSPS) is 15.9. The average molecular weight is 799 g/mol. The van der Waals surface area contributed by atoms with Gasteiger partial charge in [-0.15, -0.1) is 21.5 Å². The van der Waals surface area contributed by atoms with Crippen LogP contribution in [0.15, 0.2) is 77.9 Å². The third kappa shape index (κ3) is 7.86. The summed E-state index contributed by atoms with van der Waals surface area (Å²) in [7, 11) is 0. The largest absolute Gasteiger partial charge is 0.377 e. The molecule has 8 rings (SSSR count). The summed E-state index contributed by atoms with van der Waals surface area (Å²) in [6.45, 7) is 9.72. The highest BCUT2D eigenvalue weighted by atomic mass is 35.5. The molecule has 0 radical (unpaired) electrons. The van der Waals surface area contributed by atoms with Crippen LogP contribution in [0.5, 0.6) is 0 Å². The smallest absolute Gasteiger partial charge is 0.225 e. The molecular weight excluding hydrogens is 756 g/mol. The number of likely N-dealkylation sites (tertiary alicyclic amines) is 1. The van der Waals surface area contributed by atoms with Crippen molar-refractivity contribution in [2.75, 3.05) is 26.2 Å². The van der Waals surface area contributed by atoms with Gasteiger partial charge in [-0.25, -0.2) is 4.39 Å². The fraction of sp³-hybridized carbons (Fsp3) is 0.333. The summed E-state index contributed by atoms with van der Waals surface area (Å²) in [6, 6.07) is 20.2. The Labute approximate surface area is 333 Å². The molecular formula is C42H42Cl2FN7O2S. The molecule has 0 unspecified atom stereocenters. The molecule has 3 aromatic carbocycles. The van der Waals surface area contributed by atoms with Gasteiger partial charge in [0.15, 0.2) is 5.82 Å². The van der Waals surface area contributed by atoms with E-state index in [4.69, 9.17) is 32.9 Å². The molecule has 13 heteroatoms. The summed E-state index contributed by atoms with van der Waals surface area (Å²) in [5.41, 5.74) is 6.85. The van der Waals surface area contributed by atoms with Gasteiger partial charge >= 0.3 is 0 Å². The molecule has 0 spiro atoms. The number of hydrogen-bond acceptors (Lipinski definition) is 7. The lowest BCUT2D eigenvalue weighted by molar-refractivity contribution is -0.134. The standard InChI is InChI=1S/C42H42Cl2FN7O2S/c1-25-26(2)55-42-39(25)40(29-6-10-32(44)11-7-29)47-36(41-49-48-27(3)52(41)42)22-38(53)50-16-12-34(13-17-50)54-19-15-46-23-30-20-33(45)21-37-35(30)14-18-51(37)24-28-4-8-31(43)9-5-28/h4-11,14,18,20-21,34,36,46H,12-13,15-17,19,22-24H2,1-3H3/t36-/m0/s1. The second kappa shape index (κ2) is 16.0. The quantitative estimate of drug-likeness (QED) is 0.133. The number of nitrogens with one attached hydrogen (secondary N) is 1. The van der Waals surface area contributed by atoms with E-state index in [0.29, 0.717) is 55.2 Å². The van der Waals surface area contributed by atoms with Gasteiger partial charge in [-0.2, -0.15) is 0 Å². The molecule has 55 heavy (non-hydrogen) atoms. The summed E-state index contributed by atoms with van der Waals surface area (Å²) in [5.74, 6) is 1.23. The van der Waals surface area contributed by atoms with Gasteiger partial charge in [0.25, 0.3) is 0 Å². The highest BCUT2D eigenvalue weighted by molar-refractivity contribution is 7.15. The summed E-state index contributed by atoms with van der Waals surface area (Å²) in [4.78, 5) is 22.3. The zero-order valence-corrected chi connectivity index (χ0v) is 33.3. The summed E-state index contributed by atoms with van der Waals surface area (Å²) < 4.78 is 25.1. The van der Waals surface area contributed by atoms with Crippen LogP contribution in [0.3, 0.4) is 0 Å². The van der Waals surface area contributed by atoms with E-state index in [2.05, 4.69) is 38.5 Å². The van der Waals surface area contributed by atoms with Gasteiger partial charge in [-0.1, -0.05) is 47.5 Å². The van der Waals surface area contributed by atoms with E-state index < -0.39 is 6.04 Å². The Balaban J connectivity index is 0.863. The number of rotatable bonds is 11. The third-order valence-electron chi connectivity index (χ3n) is 10.7. The molecule has 284 valence electrons. The van der Waals surface area contributed by atoms with Crippen LogP contribution >= 0.6 is 34.5 Å². The lowest BCUT2D eigenvalue weighted by Crippen LogP contribution is -2.41. The van der Waals surface area contributed by atoms with E-state index in [1.807, 2.05) is 72.6 Å². The van der Waals surface area contributed by atoms with E-state index in [1.54, 1.807) is 23.5 Å². The van der Waals surface area contributed by atoms with Gasteiger partial charge in [0.05, 0.1) is 30.4 Å². The number of aliphatic imine (C=N–C) groups is 1. The number of amides is 1. The van der Waals surface area contributed by atoms with E-state index >= 15 is 0 Å². The first-order chi connectivity index (χ1) is 26.6. The number of thiophene rings is 1. The van der Waals surface area contributed by atoms with E-state index in [1.165, 1.54) is 4.88 Å². The Hall–Kier alpha value is -4.39. The van der Waals surface area contributed by atoms with Crippen LogP contribution in [0.1, 0.15) is 69.6 Å². The minimum atomic E-state index is -0.500. The van der Waals surface area contributed by atoms with Crippen molar-refractivity contribution < 1.29 is 13.9 Å². The maximum Gasteiger partial charge on any atom is 0.225 e. The molecule has 6 aromatic rings. The molecule has 0 aliphatic carbocycles. The first kappa shape index (κ1) is 37.5. The molecule has 3 aromatic heterocycles. The second-order valence-electron chi connectivity index (χ2n) is 14.3. The fourth-order valence-electron chi connectivity index (χ4n) is 7.62. The fourth-order valence-corrected chi connectivity index (χ4v) is 9.09. The summed E-state index contributed by atoms with van der Waals surface area (Å²) >= 11 is 14.0. The highest BCUT2D eigenvalue weighted by Crippen LogP contribution is 2.40. The number of ether oxygens (including phenoxy) is 1. The summed E-state index contributed by atoms with van der Waals surface area (Å²) in [5, 5.41) is 15.8. The van der Waals surface area contributed by atoms with Crippen molar-refractivity contribution in [1.29, 1.82) is 0 Å². The van der Waals surface area contributed by atoms with Crippen molar-refractivity contribution in [2.24, 2.45) is 4.99 Å². The number of fused-ring (bicyclic) bond motifs is 4. The molecule has 1 fully saturated rings. The van der Waals surface area contributed by atoms with Crippen LogP contribution in [0.2, 0.25) is 10.0 Å². The van der Waals surface area contributed by atoms with Gasteiger partial charge < -0.3 is 19.5 Å². The third-order valence-corrected chi connectivity index (χ3v) is 12.4. The zero-order valence-electron chi connectivity index (χ0n) is 31.0. The molecule has 9 nitrogen and oxygen atoms in total. The number of aryl methyl sites for hydroxylation is 2. The number of nitrogens with zero attached hydrogens (tertiary/aromatic N) is 6. The molecule has 2 aliphatic heterocycles. The molecule has 1 saturated heterocycles. The maximum absolute atomic E-state index is 14.7. The molecule has 1 amide bonds. The minimum Gasteiger partial charge on any atom is -0.377 e. The van der Waals surface area contributed by atoms with Gasteiger partial charge in [0, 0.05) is 70.4 Å². The number of aromatic nitrogens is 4. The Kier molecular flexibility index (Phi) is 10.9. The van der Waals surface area contributed by atoms with Crippen molar-refractivity contribution in [2.45, 2.75) is 65.3 Å². The number of hydrogen-bond donors (Lipinski definition) is 1. The van der Waals surface area contributed by atoms with E-state index in [9.17, 15) is 9.18 Å². The van der Waals surface area contributed by atoms with Crippen molar-refractivity contribution in [3.05, 3.63) is 133 Å². The molecule has 2 aliphatic rings. The molecule has 1 N–H and O–H groups in total. The summed E-state index contributed by atoms with van der Waals surface area (Å²) in [6.07, 6.45) is 3.77. The first-order valence-corrected chi connectivity index (χ1v) is 20.2. The molecule has 0 saturated carbocycles. The second-order valence-corrected chi connectivity index (χ2v) is 16.4. The Morgan fingerprint density at radius 1 is 0.982 bits per heavy atom. The number of carbonyl (C=O) groups excluding carboxylic acids is 1. The van der Waals surface area contributed by atoms with Crippen molar-refractivity contribution >= 4 is 57.1 Å². The van der Waals surface area contributed by atoms with Crippen LogP contribution < -0.4 is 5.32 Å². The lowest BCUT2D eigenvalue weighted by Gasteiger charge is -2.32. The van der Waals surface area contributed by atoms with E-state index in [-0.39, 0.29) is 24.2 Å². The monoisotopic (exact) mass is 797 g/mol. The number of benzene rings is 3.